The molecule has 8 N–H and O–H groups in total. The zero-order valence-electron chi connectivity index (χ0n) is 21.4. The summed E-state index contributed by atoms with van der Waals surface area (Å²) in [7, 11) is 3.09. The van der Waals surface area contributed by atoms with Crippen LogP contribution < -0.4 is 14.8 Å². The number of rotatable bonds is 10. The Morgan fingerprint density at radius 1 is 0.974 bits per heavy atom. The van der Waals surface area contributed by atoms with Gasteiger partial charge in [-0.2, -0.15) is 0 Å². The Morgan fingerprint density at radius 2 is 1.71 bits per heavy atom. The number of aliphatic hydroxyl groups excluding tert-OH is 6. The van der Waals surface area contributed by atoms with Crippen molar-refractivity contribution in [2.75, 3.05) is 40.6 Å². The van der Waals surface area contributed by atoms with Gasteiger partial charge in [0.05, 0.1) is 46.2 Å². The zero-order valence-corrected chi connectivity index (χ0v) is 21.4. The van der Waals surface area contributed by atoms with Crippen molar-refractivity contribution >= 4 is 0 Å². The fourth-order valence-electron chi connectivity index (χ4n) is 5.89. The van der Waals surface area contributed by atoms with E-state index in [0.29, 0.717) is 30.9 Å². The van der Waals surface area contributed by atoms with E-state index in [1.807, 2.05) is 12.1 Å². The smallest absolute Gasteiger partial charge is 0.189 e. The Hall–Kier alpha value is -1.62. The van der Waals surface area contributed by atoms with E-state index in [0.717, 1.165) is 5.56 Å². The van der Waals surface area contributed by atoms with Crippen molar-refractivity contribution in [1.82, 2.24) is 5.32 Å². The summed E-state index contributed by atoms with van der Waals surface area (Å²) in [5.41, 5.74) is -0.930. The van der Waals surface area contributed by atoms with Crippen LogP contribution in [-0.4, -0.2) is 131 Å². The molecular formula is C25H39NO12. The van der Waals surface area contributed by atoms with Crippen LogP contribution in [0.4, 0.5) is 0 Å². The van der Waals surface area contributed by atoms with Crippen molar-refractivity contribution < 1.29 is 59.4 Å². The average Bonchev–Trinajstić information content (AvgIpc) is 3.16. The second-order valence-corrected chi connectivity index (χ2v) is 10.1. The summed E-state index contributed by atoms with van der Waals surface area (Å²) in [6.07, 6.45) is -8.91. The van der Waals surface area contributed by atoms with Crippen molar-refractivity contribution in [2.45, 2.75) is 67.6 Å². The van der Waals surface area contributed by atoms with Crippen LogP contribution in [0.1, 0.15) is 12.0 Å². The molecule has 13 nitrogen and oxygen atoms in total. The number of hydrogen-bond acceptors (Lipinski definition) is 13. The lowest BCUT2D eigenvalue weighted by molar-refractivity contribution is -0.359. The van der Waals surface area contributed by atoms with Crippen molar-refractivity contribution in [3.8, 4) is 11.5 Å². The first kappa shape index (κ1) is 29.4. The third-order valence-corrected chi connectivity index (χ3v) is 7.98. The highest BCUT2D eigenvalue weighted by atomic mass is 16.8. The molecule has 0 radical (unpaired) electrons. The molecule has 216 valence electrons. The van der Waals surface area contributed by atoms with Crippen molar-refractivity contribution in [2.24, 2.45) is 11.8 Å². The molecule has 2 aliphatic heterocycles. The molecule has 0 bridgehead atoms. The van der Waals surface area contributed by atoms with Gasteiger partial charge >= 0.3 is 0 Å². The molecule has 0 spiro atoms. The van der Waals surface area contributed by atoms with E-state index in [2.05, 4.69) is 5.32 Å². The van der Waals surface area contributed by atoms with Gasteiger partial charge in [-0.05, 0) is 43.0 Å². The van der Waals surface area contributed by atoms with Crippen molar-refractivity contribution in [3.05, 3.63) is 23.8 Å². The van der Waals surface area contributed by atoms with Crippen LogP contribution in [0.25, 0.3) is 0 Å². The van der Waals surface area contributed by atoms with Crippen LogP contribution in [0.15, 0.2) is 18.2 Å². The van der Waals surface area contributed by atoms with Crippen LogP contribution in [0.5, 0.6) is 11.5 Å². The predicted molar refractivity (Wildman–Crippen MR) is 129 cm³/mol. The molecule has 38 heavy (non-hydrogen) atoms. The molecule has 1 aliphatic carbocycles. The Kier molecular flexibility index (Phi) is 9.48. The van der Waals surface area contributed by atoms with Gasteiger partial charge in [-0.1, -0.05) is 6.07 Å². The minimum Gasteiger partial charge on any atom is -0.493 e. The molecule has 2 saturated heterocycles. The number of methoxy groups -OCH3 is 2. The molecule has 1 aromatic carbocycles. The van der Waals surface area contributed by atoms with Crippen molar-refractivity contribution in [3.63, 3.8) is 0 Å². The summed E-state index contributed by atoms with van der Waals surface area (Å²) in [4.78, 5) is 0. The lowest BCUT2D eigenvalue weighted by atomic mass is 9.81. The standard InChI is InChI=1S/C25H39NO12/c1-34-14-4-3-12(9-15(14)35-2)5-7-26-22-18(29)13-6-8-36-23(17(13)25(22,33)11-28)38-24-21(32)20(31)19(30)16(10-27)37-24/h3-4,9,13,16-24,26-33H,5-8,10-11H2,1-2H3/t13-,16+,17+,18-,19+,20-,21+,22-,23+,24+,25-/m0/s1. The average molecular weight is 546 g/mol. The summed E-state index contributed by atoms with van der Waals surface area (Å²) in [5, 5.41) is 76.3. The van der Waals surface area contributed by atoms with E-state index < -0.39 is 79.8 Å². The molecule has 1 saturated carbocycles. The molecule has 0 unspecified atom stereocenters. The third kappa shape index (κ3) is 5.38. The molecule has 2 heterocycles. The van der Waals surface area contributed by atoms with E-state index in [-0.39, 0.29) is 6.61 Å². The topological polar surface area (TPSA) is 200 Å². The fraction of sp³-hybridized carbons (Fsp3) is 0.760. The Bertz CT molecular complexity index is 920. The number of aliphatic hydroxyl groups is 7. The van der Waals surface area contributed by atoms with E-state index >= 15 is 0 Å². The summed E-state index contributed by atoms with van der Waals surface area (Å²) >= 11 is 0. The van der Waals surface area contributed by atoms with Gasteiger partial charge in [-0.3, -0.25) is 0 Å². The molecule has 0 aromatic heterocycles. The van der Waals surface area contributed by atoms with Gasteiger partial charge < -0.3 is 64.7 Å². The van der Waals surface area contributed by atoms with E-state index in [1.165, 1.54) is 0 Å². The van der Waals surface area contributed by atoms with Gasteiger partial charge in [0.2, 0.25) is 0 Å². The molecular weight excluding hydrogens is 506 g/mol. The number of fused-ring (bicyclic) bond motifs is 1. The molecule has 4 rings (SSSR count). The van der Waals surface area contributed by atoms with Crippen LogP contribution in [0, 0.1) is 11.8 Å². The van der Waals surface area contributed by atoms with E-state index in [1.54, 1.807) is 20.3 Å². The van der Waals surface area contributed by atoms with Gasteiger partial charge in [-0.15, -0.1) is 0 Å². The fourth-order valence-corrected chi connectivity index (χ4v) is 5.89. The largest absolute Gasteiger partial charge is 0.493 e. The van der Waals surface area contributed by atoms with Crippen LogP contribution >= 0.6 is 0 Å². The molecule has 3 fully saturated rings. The van der Waals surface area contributed by atoms with Crippen LogP contribution in [-0.2, 0) is 20.6 Å². The summed E-state index contributed by atoms with van der Waals surface area (Å²) in [6.45, 7) is -0.816. The predicted octanol–water partition coefficient (Wildman–Crippen LogP) is -2.90. The van der Waals surface area contributed by atoms with Gasteiger partial charge in [0.15, 0.2) is 24.1 Å². The van der Waals surface area contributed by atoms with Gasteiger partial charge in [0, 0.05) is 5.92 Å². The molecule has 0 amide bonds. The number of hydrogen-bond donors (Lipinski definition) is 8. The quantitative estimate of drug-likeness (QED) is 0.149. The van der Waals surface area contributed by atoms with Gasteiger partial charge in [-0.25, -0.2) is 0 Å². The number of benzene rings is 1. The SMILES string of the molecule is COc1ccc(CCN[C@H]2[C@@H](O)[C@H]3CCO[C@H](O[C@H]4O[C@H](CO)[C@@H](O)[C@H](O)[C@H]4O)[C@@H]3[C@@]2(O)CO)cc1OC. The number of ether oxygens (including phenoxy) is 5. The first-order valence-electron chi connectivity index (χ1n) is 12.7. The van der Waals surface area contributed by atoms with E-state index in [4.69, 9.17) is 23.7 Å². The molecule has 1 aromatic rings. The summed E-state index contributed by atoms with van der Waals surface area (Å²) in [6, 6.07) is 4.58. The minimum absolute atomic E-state index is 0.167. The van der Waals surface area contributed by atoms with E-state index in [9.17, 15) is 35.7 Å². The highest BCUT2D eigenvalue weighted by molar-refractivity contribution is 5.43. The zero-order chi connectivity index (χ0) is 27.6. The Morgan fingerprint density at radius 3 is 2.37 bits per heavy atom. The highest BCUT2D eigenvalue weighted by Crippen LogP contribution is 2.48. The molecule has 3 aliphatic rings. The summed E-state index contributed by atoms with van der Waals surface area (Å²) in [5.74, 6) is -0.259. The maximum atomic E-state index is 11.6. The Labute approximate surface area is 220 Å². The normalized spacial score (nSPS) is 41.1. The highest BCUT2D eigenvalue weighted by Gasteiger charge is 2.64. The van der Waals surface area contributed by atoms with Crippen LogP contribution in [0.2, 0.25) is 0 Å². The molecule has 13 heteroatoms. The van der Waals surface area contributed by atoms with Gasteiger partial charge in [0.25, 0.3) is 0 Å². The second kappa shape index (κ2) is 12.3. The number of nitrogens with one attached hydrogen (secondary N) is 1. The third-order valence-electron chi connectivity index (χ3n) is 7.98. The maximum Gasteiger partial charge on any atom is 0.189 e. The second-order valence-electron chi connectivity index (χ2n) is 10.1. The lowest BCUT2D eigenvalue weighted by Gasteiger charge is -2.45. The maximum absolute atomic E-state index is 11.6. The van der Waals surface area contributed by atoms with Crippen LogP contribution in [0.3, 0.4) is 0 Å². The Balaban J connectivity index is 1.47. The minimum atomic E-state index is -1.86. The van der Waals surface area contributed by atoms with Crippen molar-refractivity contribution in [1.29, 1.82) is 0 Å². The first-order valence-corrected chi connectivity index (χ1v) is 12.7. The summed E-state index contributed by atoms with van der Waals surface area (Å²) < 4.78 is 27.6. The van der Waals surface area contributed by atoms with Gasteiger partial charge in [0.1, 0.15) is 30.0 Å². The lowest BCUT2D eigenvalue weighted by Crippen LogP contribution is -2.62. The molecule has 11 atom stereocenters. The monoisotopic (exact) mass is 545 g/mol. The first-order chi connectivity index (χ1) is 18.2.